The molecule has 0 aliphatic carbocycles. The fraction of sp³-hybridized carbons (Fsp3) is 0.500. The Kier molecular flexibility index (Phi) is 4.11. The Morgan fingerprint density at radius 2 is 1.81 bits per heavy atom. The second-order valence-electron chi connectivity index (χ2n) is 4.87. The predicted molar refractivity (Wildman–Crippen MR) is 68.7 cm³/mol. The number of rotatable bonds is 3. The van der Waals surface area contributed by atoms with E-state index in [4.69, 9.17) is 0 Å². The summed E-state index contributed by atoms with van der Waals surface area (Å²) in [5, 5.41) is 2.97. The summed E-state index contributed by atoms with van der Waals surface area (Å²) in [6, 6.07) is 6.25. The molecule has 1 N–H and O–H groups in total. The van der Waals surface area contributed by atoms with Gasteiger partial charge in [0.2, 0.25) is 5.91 Å². The molecule has 0 radical (unpaired) electrons. The summed E-state index contributed by atoms with van der Waals surface area (Å²) in [6.45, 7) is 10.1. The molecule has 1 rings (SSSR count). The number of hydrogen-bond donors (Lipinski definition) is 1. The SMILES string of the molecule is Cc1ccc(C(C)C)cc1NC(=O)C(C)C. The molecule has 1 aromatic rings. The number of benzene rings is 1. The van der Waals surface area contributed by atoms with Crippen LogP contribution >= 0.6 is 0 Å². The Balaban J connectivity index is 2.94. The monoisotopic (exact) mass is 219 g/mol. The number of carbonyl (C=O) groups is 1. The number of carbonyl (C=O) groups excluding carboxylic acids is 1. The van der Waals surface area contributed by atoms with Gasteiger partial charge in [-0.2, -0.15) is 0 Å². The second-order valence-corrected chi connectivity index (χ2v) is 4.87. The summed E-state index contributed by atoms with van der Waals surface area (Å²) in [6.07, 6.45) is 0. The molecule has 0 saturated carbocycles. The van der Waals surface area contributed by atoms with Crippen molar-refractivity contribution in [2.45, 2.75) is 40.5 Å². The fourth-order valence-electron chi connectivity index (χ4n) is 1.41. The van der Waals surface area contributed by atoms with Crippen molar-refractivity contribution in [2.24, 2.45) is 5.92 Å². The minimum atomic E-state index is 0.0158. The van der Waals surface area contributed by atoms with Crippen molar-refractivity contribution in [3.05, 3.63) is 29.3 Å². The van der Waals surface area contributed by atoms with Gasteiger partial charge in [0.25, 0.3) is 0 Å². The molecule has 0 aliphatic rings. The summed E-state index contributed by atoms with van der Waals surface area (Å²) >= 11 is 0. The Morgan fingerprint density at radius 3 is 2.31 bits per heavy atom. The third-order valence-electron chi connectivity index (χ3n) is 2.71. The third-order valence-corrected chi connectivity index (χ3v) is 2.71. The quantitative estimate of drug-likeness (QED) is 0.825. The van der Waals surface area contributed by atoms with Crippen LogP contribution in [0.2, 0.25) is 0 Å². The molecule has 0 aromatic heterocycles. The first-order valence-electron chi connectivity index (χ1n) is 5.83. The van der Waals surface area contributed by atoms with Crippen molar-refractivity contribution in [3.63, 3.8) is 0 Å². The van der Waals surface area contributed by atoms with E-state index >= 15 is 0 Å². The minimum Gasteiger partial charge on any atom is -0.326 e. The lowest BCUT2D eigenvalue weighted by Gasteiger charge is -2.13. The molecular formula is C14H21NO. The van der Waals surface area contributed by atoms with Gasteiger partial charge in [-0.15, -0.1) is 0 Å². The predicted octanol–water partition coefficient (Wildman–Crippen LogP) is 3.71. The minimum absolute atomic E-state index is 0.0158. The number of hydrogen-bond acceptors (Lipinski definition) is 1. The highest BCUT2D eigenvalue weighted by molar-refractivity contribution is 5.92. The molecule has 2 heteroatoms. The molecule has 1 amide bonds. The van der Waals surface area contributed by atoms with E-state index in [1.807, 2.05) is 20.8 Å². The van der Waals surface area contributed by atoms with Crippen LogP contribution in [0.1, 0.15) is 44.7 Å². The third kappa shape index (κ3) is 3.09. The maximum atomic E-state index is 11.6. The van der Waals surface area contributed by atoms with Crippen molar-refractivity contribution in [3.8, 4) is 0 Å². The van der Waals surface area contributed by atoms with Gasteiger partial charge in [-0.1, -0.05) is 39.8 Å². The average Bonchev–Trinajstić information content (AvgIpc) is 2.20. The van der Waals surface area contributed by atoms with Crippen LogP contribution in [-0.2, 0) is 4.79 Å². The van der Waals surface area contributed by atoms with Crippen molar-refractivity contribution < 1.29 is 4.79 Å². The van der Waals surface area contributed by atoms with E-state index in [1.54, 1.807) is 0 Å². The molecule has 1 aromatic carbocycles. The maximum Gasteiger partial charge on any atom is 0.226 e. The van der Waals surface area contributed by atoms with Gasteiger partial charge in [0.1, 0.15) is 0 Å². The van der Waals surface area contributed by atoms with Crippen LogP contribution in [0.3, 0.4) is 0 Å². The van der Waals surface area contributed by atoms with Crippen LogP contribution in [0.25, 0.3) is 0 Å². The van der Waals surface area contributed by atoms with Gasteiger partial charge in [0.15, 0.2) is 0 Å². The molecule has 2 nitrogen and oxygen atoms in total. The lowest BCUT2D eigenvalue weighted by Crippen LogP contribution is -2.18. The van der Waals surface area contributed by atoms with Crippen LogP contribution in [0.15, 0.2) is 18.2 Å². The number of amides is 1. The highest BCUT2D eigenvalue weighted by Gasteiger charge is 2.10. The van der Waals surface area contributed by atoms with E-state index in [1.165, 1.54) is 5.56 Å². The first kappa shape index (κ1) is 12.8. The average molecular weight is 219 g/mol. The largest absolute Gasteiger partial charge is 0.326 e. The van der Waals surface area contributed by atoms with Crippen molar-refractivity contribution in [2.75, 3.05) is 5.32 Å². The van der Waals surface area contributed by atoms with Crippen LogP contribution in [-0.4, -0.2) is 5.91 Å². The van der Waals surface area contributed by atoms with E-state index < -0.39 is 0 Å². The molecule has 0 aliphatic heterocycles. The maximum absolute atomic E-state index is 11.6. The van der Waals surface area contributed by atoms with Gasteiger partial charge < -0.3 is 5.32 Å². The lowest BCUT2D eigenvalue weighted by molar-refractivity contribution is -0.118. The molecule has 0 atom stereocenters. The van der Waals surface area contributed by atoms with Crippen LogP contribution in [0.4, 0.5) is 5.69 Å². The van der Waals surface area contributed by atoms with E-state index in [0.717, 1.165) is 11.3 Å². The van der Waals surface area contributed by atoms with Crippen LogP contribution in [0.5, 0.6) is 0 Å². The standard InChI is InChI=1S/C14H21NO/c1-9(2)12-7-6-11(5)13(8-12)15-14(16)10(3)4/h6-10H,1-5H3,(H,15,16). The summed E-state index contributed by atoms with van der Waals surface area (Å²) in [7, 11) is 0. The van der Waals surface area contributed by atoms with E-state index in [-0.39, 0.29) is 11.8 Å². The molecular weight excluding hydrogens is 198 g/mol. The topological polar surface area (TPSA) is 29.1 Å². The molecule has 0 saturated heterocycles. The lowest BCUT2D eigenvalue weighted by atomic mass is 10.0. The zero-order valence-electron chi connectivity index (χ0n) is 10.8. The zero-order chi connectivity index (χ0) is 12.3. The smallest absolute Gasteiger partial charge is 0.226 e. The molecule has 88 valence electrons. The highest BCUT2D eigenvalue weighted by Crippen LogP contribution is 2.22. The first-order chi connectivity index (χ1) is 7.41. The number of anilines is 1. The normalized spacial score (nSPS) is 10.9. The van der Waals surface area contributed by atoms with Crippen LogP contribution in [0, 0.1) is 12.8 Å². The Morgan fingerprint density at radius 1 is 1.19 bits per heavy atom. The highest BCUT2D eigenvalue weighted by atomic mass is 16.1. The zero-order valence-corrected chi connectivity index (χ0v) is 10.8. The molecule has 0 heterocycles. The van der Waals surface area contributed by atoms with Crippen molar-refractivity contribution in [1.29, 1.82) is 0 Å². The van der Waals surface area contributed by atoms with Gasteiger partial charge >= 0.3 is 0 Å². The summed E-state index contributed by atoms with van der Waals surface area (Å²) < 4.78 is 0. The summed E-state index contributed by atoms with van der Waals surface area (Å²) in [5.74, 6) is 0.571. The fourth-order valence-corrected chi connectivity index (χ4v) is 1.41. The molecule has 0 unspecified atom stereocenters. The first-order valence-corrected chi connectivity index (χ1v) is 5.83. The number of aryl methyl sites for hydroxylation is 1. The van der Waals surface area contributed by atoms with Crippen molar-refractivity contribution >= 4 is 11.6 Å². The molecule has 0 fully saturated rings. The molecule has 0 spiro atoms. The Labute approximate surface area is 98.1 Å². The Hall–Kier alpha value is -1.31. The summed E-state index contributed by atoms with van der Waals surface area (Å²) in [5.41, 5.74) is 3.30. The number of nitrogens with one attached hydrogen (secondary N) is 1. The van der Waals surface area contributed by atoms with Gasteiger partial charge in [-0.25, -0.2) is 0 Å². The van der Waals surface area contributed by atoms with Crippen LogP contribution < -0.4 is 5.32 Å². The molecule has 0 bridgehead atoms. The second kappa shape index (κ2) is 5.15. The van der Waals surface area contributed by atoms with Crippen molar-refractivity contribution in [1.82, 2.24) is 0 Å². The Bertz CT molecular complexity index is 380. The van der Waals surface area contributed by atoms with Gasteiger partial charge in [0.05, 0.1) is 0 Å². The summed E-state index contributed by atoms with van der Waals surface area (Å²) in [4.78, 5) is 11.6. The van der Waals surface area contributed by atoms with E-state index in [0.29, 0.717) is 5.92 Å². The van der Waals surface area contributed by atoms with Gasteiger partial charge in [-0.3, -0.25) is 4.79 Å². The van der Waals surface area contributed by atoms with Gasteiger partial charge in [-0.05, 0) is 30.0 Å². The van der Waals surface area contributed by atoms with E-state index in [9.17, 15) is 4.79 Å². The molecule has 16 heavy (non-hydrogen) atoms. The van der Waals surface area contributed by atoms with Gasteiger partial charge in [0, 0.05) is 11.6 Å². The van der Waals surface area contributed by atoms with E-state index in [2.05, 4.69) is 37.4 Å².